The van der Waals surface area contributed by atoms with Gasteiger partial charge in [-0.25, -0.2) is 0 Å². The molecule has 3 aromatic rings. The standard InChI is InChI=1S/C25H28N4O4/c1-29-18-8-9-19(29)14-22(13-18)32-21-5-3-4-16(12-21)15-26-24(30)23-27-25(33-28-23)17-6-10-20(31-2)11-7-17/h3-7,10-12,18-19,22H,8-9,13-15H2,1-2H3,(H,26,30)/t18-,19+,22+. The van der Waals surface area contributed by atoms with Crippen LogP contribution in [0.2, 0.25) is 0 Å². The van der Waals surface area contributed by atoms with Crippen molar-refractivity contribution in [3.8, 4) is 23.0 Å². The highest BCUT2D eigenvalue weighted by atomic mass is 16.5. The zero-order valence-corrected chi connectivity index (χ0v) is 18.9. The fraction of sp³-hybridized carbons (Fsp3) is 0.400. The van der Waals surface area contributed by atoms with Crippen molar-refractivity contribution in [2.75, 3.05) is 14.2 Å². The van der Waals surface area contributed by atoms with Gasteiger partial charge in [0, 0.05) is 24.2 Å². The summed E-state index contributed by atoms with van der Waals surface area (Å²) in [5.41, 5.74) is 1.67. The summed E-state index contributed by atoms with van der Waals surface area (Å²) < 4.78 is 16.7. The molecule has 0 spiro atoms. The number of ether oxygens (including phenoxy) is 2. The Morgan fingerprint density at radius 2 is 1.88 bits per heavy atom. The molecule has 5 rings (SSSR count). The van der Waals surface area contributed by atoms with E-state index in [0.717, 1.165) is 35.5 Å². The summed E-state index contributed by atoms with van der Waals surface area (Å²) in [5, 5.41) is 6.66. The Bertz CT molecular complexity index is 1100. The van der Waals surface area contributed by atoms with Crippen molar-refractivity contribution < 1.29 is 18.8 Å². The maximum Gasteiger partial charge on any atom is 0.292 e. The van der Waals surface area contributed by atoms with Crippen LogP contribution in [0.4, 0.5) is 0 Å². The zero-order chi connectivity index (χ0) is 22.8. The number of fused-ring (bicyclic) bond motifs is 2. The van der Waals surface area contributed by atoms with Crippen molar-refractivity contribution in [3.63, 3.8) is 0 Å². The predicted molar refractivity (Wildman–Crippen MR) is 122 cm³/mol. The SMILES string of the molecule is COc1ccc(-c2nc(C(=O)NCc3cccc(O[C@H]4C[C@H]5CC[C@@H](C4)N5C)c3)no2)cc1. The number of hydrogen-bond acceptors (Lipinski definition) is 7. The van der Waals surface area contributed by atoms with E-state index >= 15 is 0 Å². The normalized spacial score (nSPS) is 22.2. The molecule has 3 atom stereocenters. The maximum absolute atomic E-state index is 12.5. The van der Waals surface area contributed by atoms with Gasteiger partial charge >= 0.3 is 0 Å². The monoisotopic (exact) mass is 448 g/mol. The van der Waals surface area contributed by atoms with Crippen LogP contribution in [-0.4, -0.2) is 53.3 Å². The van der Waals surface area contributed by atoms with E-state index in [0.29, 0.717) is 18.6 Å². The summed E-state index contributed by atoms with van der Waals surface area (Å²) in [7, 11) is 3.83. The Labute approximate surface area is 192 Å². The summed E-state index contributed by atoms with van der Waals surface area (Å²) in [6.07, 6.45) is 4.93. The van der Waals surface area contributed by atoms with Gasteiger partial charge in [0.1, 0.15) is 17.6 Å². The number of nitrogens with one attached hydrogen (secondary N) is 1. The Morgan fingerprint density at radius 1 is 1.12 bits per heavy atom. The Hall–Kier alpha value is -3.39. The molecule has 0 saturated carbocycles. The fourth-order valence-electron chi connectivity index (χ4n) is 4.81. The first-order valence-electron chi connectivity index (χ1n) is 11.3. The second-order valence-electron chi connectivity index (χ2n) is 8.74. The zero-order valence-electron chi connectivity index (χ0n) is 18.9. The molecular formula is C25H28N4O4. The van der Waals surface area contributed by atoms with Gasteiger partial charge in [0.2, 0.25) is 0 Å². The average molecular weight is 449 g/mol. The quantitative estimate of drug-likeness (QED) is 0.590. The van der Waals surface area contributed by atoms with Crippen molar-refractivity contribution >= 4 is 5.91 Å². The Balaban J connectivity index is 1.17. The number of amides is 1. The highest BCUT2D eigenvalue weighted by Gasteiger charge is 2.39. The van der Waals surface area contributed by atoms with Gasteiger partial charge in [-0.2, -0.15) is 4.98 Å². The number of benzene rings is 2. The summed E-state index contributed by atoms with van der Waals surface area (Å²) in [4.78, 5) is 19.2. The minimum Gasteiger partial charge on any atom is -0.497 e. The molecule has 0 unspecified atom stereocenters. The number of rotatable bonds is 7. The first-order chi connectivity index (χ1) is 16.1. The molecule has 1 aromatic heterocycles. The van der Waals surface area contributed by atoms with Gasteiger partial charge in [-0.3, -0.25) is 4.79 Å². The van der Waals surface area contributed by atoms with Crippen molar-refractivity contribution in [2.45, 2.75) is 50.4 Å². The summed E-state index contributed by atoms with van der Waals surface area (Å²) in [6, 6.07) is 16.3. The van der Waals surface area contributed by atoms with Crippen molar-refractivity contribution in [2.24, 2.45) is 0 Å². The lowest BCUT2D eigenvalue weighted by Crippen LogP contribution is -2.43. The molecule has 2 aromatic carbocycles. The van der Waals surface area contributed by atoms with E-state index in [4.69, 9.17) is 14.0 Å². The van der Waals surface area contributed by atoms with E-state index in [2.05, 4.69) is 27.4 Å². The van der Waals surface area contributed by atoms with E-state index in [9.17, 15) is 4.79 Å². The van der Waals surface area contributed by atoms with E-state index in [-0.39, 0.29) is 17.8 Å². The van der Waals surface area contributed by atoms with Crippen LogP contribution in [0.5, 0.6) is 11.5 Å². The summed E-state index contributed by atoms with van der Waals surface area (Å²) in [5.74, 6) is 1.46. The topological polar surface area (TPSA) is 89.7 Å². The lowest BCUT2D eigenvalue weighted by Gasteiger charge is -2.36. The van der Waals surface area contributed by atoms with Gasteiger partial charge in [0.05, 0.1) is 7.11 Å². The van der Waals surface area contributed by atoms with Crippen LogP contribution >= 0.6 is 0 Å². The number of aromatic nitrogens is 2. The second-order valence-corrected chi connectivity index (χ2v) is 8.74. The minimum absolute atomic E-state index is 0.00461. The Morgan fingerprint density at radius 3 is 2.61 bits per heavy atom. The van der Waals surface area contributed by atoms with Gasteiger partial charge in [-0.1, -0.05) is 17.3 Å². The van der Waals surface area contributed by atoms with Crippen LogP contribution in [0.3, 0.4) is 0 Å². The molecule has 1 N–H and O–H groups in total. The predicted octanol–water partition coefficient (Wildman–Crippen LogP) is 3.68. The summed E-state index contributed by atoms with van der Waals surface area (Å²) in [6.45, 7) is 0.348. The molecular weight excluding hydrogens is 420 g/mol. The molecule has 8 heteroatoms. The number of piperidine rings is 1. The van der Waals surface area contributed by atoms with Crippen LogP contribution in [-0.2, 0) is 6.54 Å². The van der Waals surface area contributed by atoms with E-state index in [1.54, 1.807) is 31.4 Å². The van der Waals surface area contributed by atoms with Crippen LogP contribution in [0.15, 0.2) is 53.1 Å². The van der Waals surface area contributed by atoms with Crippen LogP contribution in [0.1, 0.15) is 41.9 Å². The molecule has 33 heavy (non-hydrogen) atoms. The van der Waals surface area contributed by atoms with Gasteiger partial charge in [0.15, 0.2) is 0 Å². The van der Waals surface area contributed by atoms with Gasteiger partial charge in [-0.15, -0.1) is 0 Å². The molecule has 3 heterocycles. The van der Waals surface area contributed by atoms with Crippen LogP contribution in [0.25, 0.3) is 11.5 Å². The molecule has 0 aliphatic carbocycles. The fourth-order valence-corrected chi connectivity index (χ4v) is 4.81. The minimum atomic E-state index is -0.392. The molecule has 2 bridgehead atoms. The third-order valence-corrected chi connectivity index (χ3v) is 6.68. The lowest BCUT2D eigenvalue weighted by atomic mass is 10.0. The maximum atomic E-state index is 12.5. The third kappa shape index (κ3) is 4.71. The van der Waals surface area contributed by atoms with Crippen molar-refractivity contribution in [1.82, 2.24) is 20.4 Å². The molecule has 2 fully saturated rings. The number of nitrogens with zero attached hydrogens (tertiary/aromatic N) is 3. The van der Waals surface area contributed by atoms with E-state index in [1.165, 1.54) is 12.8 Å². The number of carbonyl (C=O) groups is 1. The molecule has 1 amide bonds. The number of methoxy groups -OCH3 is 1. The highest BCUT2D eigenvalue weighted by molar-refractivity contribution is 5.90. The van der Waals surface area contributed by atoms with Crippen molar-refractivity contribution in [3.05, 3.63) is 59.9 Å². The van der Waals surface area contributed by atoms with Gasteiger partial charge < -0.3 is 24.2 Å². The summed E-state index contributed by atoms with van der Waals surface area (Å²) >= 11 is 0. The third-order valence-electron chi connectivity index (χ3n) is 6.68. The second kappa shape index (κ2) is 9.23. The smallest absolute Gasteiger partial charge is 0.292 e. The van der Waals surface area contributed by atoms with Crippen LogP contribution < -0.4 is 14.8 Å². The Kier molecular flexibility index (Phi) is 6.00. The number of carbonyl (C=O) groups excluding carboxylic acids is 1. The molecule has 2 aliphatic rings. The highest BCUT2D eigenvalue weighted by Crippen LogP contribution is 2.36. The van der Waals surface area contributed by atoms with E-state index in [1.807, 2.05) is 24.3 Å². The molecule has 2 saturated heterocycles. The van der Waals surface area contributed by atoms with Gasteiger partial charge in [-0.05, 0) is 74.7 Å². The first kappa shape index (κ1) is 21.5. The lowest BCUT2D eigenvalue weighted by molar-refractivity contribution is 0.0661. The van der Waals surface area contributed by atoms with Crippen LogP contribution in [0, 0.1) is 0 Å². The number of hydrogen-bond donors (Lipinski definition) is 1. The van der Waals surface area contributed by atoms with E-state index < -0.39 is 5.91 Å². The molecule has 8 nitrogen and oxygen atoms in total. The largest absolute Gasteiger partial charge is 0.497 e. The van der Waals surface area contributed by atoms with Gasteiger partial charge in [0.25, 0.3) is 17.6 Å². The average Bonchev–Trinajstić information content (AvgIpc) is 3.40. The van der Waals surface area contributed by atoms with Crippen molar-refractivity contribution in [1.29, 1.82) is 0 Å². The molecule has 0 radical (unpaired) electrons. The molecule has 2 aliphatic heterocycles. The molecule has 172 valence electrons. The first-order valence-corrected chi connectivity index (χ1v) is 11.3.